The number of methoxy groups -OCH3 is 1. The van der Waals surface area contributed by atoms with Gasteiger partial charge in [0.2, 0.25) is 0 Å². The number of allylic oxidation sites excluding steroid dienone is 4. The second-order valence-corrected chi connectivity index (χ2v) is 11.4. The molecular weight excluding hydrogens is 540 g/mol. The van der Waals surface area contributed by atoms with Crippen molar-refractivity contribution in [3.8, 4) is 0 Å². The molecule has 8 bridgehead atoms. The molecule has 0 radical (unpaired) electrons. The van der Waals surface area contributed by atoms with Crippen molar-refractivity contribution in [2.45, 2.75) is 74.1 Å². The van der Waals surface area contributed by atoms with Crippen LogP contribution in [0.5, 0.6) is 0 Å². The van der Waals surface area contributed by atoms with E-state index in [2.05, 4.69) is 29.9 Å². The number of rotatable bonds is 7. The lowest BCUT2D eigenvalue weighted by atomic mass is 10.0. The van der Waals surface area contributed by atoms with E-state index in [1.165, 1.54) is 7.11 Å². The highest BCUT2D eigenvalue weighted by Gasteiger charge is 2.23. The fourth-order valence-electron chi connectivity index (χ4n) is 6.22. The third kappa shape index (κ3) is 5.38. The maximum absolute atomic E-state index is 12.9. The topological polar surface area (TPSA) is 118 Å². The molecule has 43 heavy (non-hydrogen) atoms. The molecule has 3 aromatic rings. The summed E-state index contributed by atoms with van der Waals surface area (Å²) in [4.78, 5) is 54.8. The minimum atomic E-state index is -0.279. The Kier molecular flexibility index (Phi) is 8.06. The van der Waals surface area contributed by atoms with Crippen LogP contribution in [0.15, 0.2) is 24.3 Å². The van der Waals surface area contributed by atoms with Gasteiger partial charge in [0, 0.05) is 34.1 Å². The summed E-state index contributed by atoms with van der Waals surface area (Å²) >= 11 is 0. The Morgan fingerprint density at radius 1 is 0.721 bits per heavy atom. The lowest BCUT2D eigenvalue weighted by Gasteiger charge is -2.03. The first kappa shape index (κ1) is 29.9. The van der Waals surface area contributed by atoms with Crippen molar-refractivity contribution >= 4 is 61.9 Å². The number of nitrogens with zero attached hydrogens (tertiary/aromatic N) is 2. The van der Waals surface area contributed by atoms with Crippen molar-refractivity contribution in [2.24, 2.45) is 0 Å². The van der Waals surface area contributed by atoms with Crippen LogP contribution in [0.3, 0.4) is 0 Å². The number of Topliss-reactive ketones (excluding diaryl/α,β-unsaturated/α-hetero) is 2. The molecule has 2 N–H and O–H groups in total. The Balaban J connectivity index is 1.96. The Morgan fingerprint density at radius 2 is 1.30 bits per heavy atom. The highest BCUT2D eigenvalue weighted by Crippen LogP contribution is 2.36. The molecule has 8 nitrogen and oxygen atoms in total. The third-order valence-corrected chi connectivity index (χ3v) is 8.55. The smallest absolute Gasteiger partial charge is 0.305 e. The Hall–Kier alpha value is -4.59. The van der Waals surface area contributed by atoms with E-state index in [4.69, 9.17) is 14.7 Å². The molecule has 0 spiro atoms. The second kappa shape index (κ2) is 11.6. The summed E-state index contributed by atoms with van der Waals surface area (Å²) in [5.74, 6) is -0.423. The van der Waals surface area contributed by atoms with Crippen molar-refractivity contribution in [2.75, 3.05) is 7.11 Å². The van der Waals surface area contributed by atoms with E-state index in [1.807, 2.05) is 39.0 Å². The van der Waals surface area contributed by atoms with Gasteiger partial charge in [0.05, 0.1) is 35.4 Å². The first-order valence-electron chi connectivity index (χ1n) is 14.7. The van der Waals surface area contributed by atoms with Gasteiger partial charge < -0.3 is 14.7 Å². The zero-order valence-corrected chi connectivity index (χ0v) is 26.2. The zero-order chi connectivity index (χ0) is 31.2. The van der Waals surface area contributed by atoms with E-state index in [1.54, 1.807) is 13.8 Å². The molecule has 0 atom stereocenters. The molecule has 0 saturated carbocycles. The standard InChI is InChI=1S/C35H38N4O4/c1-9-10-23-17(2)25-13-27-19(4)34(21(6)40)32(38-27)15-28-20(5)35(22(7)41)31(39-28)14-26-18(3)24(11-12-33(42)43-8)30(37-26)16-29(23)36-25/h13-16,37-38H,9-12H2,1-8H3. The van der Waals surface area contributed by atoms with E-state index in [-0.39, 0.29) is 24.0 Å². The lowest BCUT2D eigenvalue weighted by Crippen LogP contribution is -2.02. The van der Waals surface area contributed by atoms with Crippen LogP contribution in [0.25, 0.3) is 44.4 Å². The van der Waals surface area contributed by atoms with Gasteiger partial charge in [0.15, 0.2) is 11.6 Å². The number of H-pyrrole nitrogens is 2. The number of nitrogens with one attached hydrogen (secondary N) is 2. The van der Waals surface area contributed by atoms with Crippen LogP contribution in [0.4, 0.5) is 0 Å². The van der Waals surface area contributed by atoms with E-state index in [0.29, 0.717) is 34.5 Å². The Bertz CT molecular complexity index is 1930. The molecule has 2 aliphatic heterocycles. The Morgan fingerprint density at radius 3 is 1.95 bits per heavy atom. The molecular formula is C35H38N4O4. The number of hydrogen-bond acceptors (Lipinski definition) is 6. The van der Waals surface area contributed by atoms with Gasteiger partial charge in [-0.05, 0) is 112 Å². The van der Waals surface area contributed by atoms with Crippen molar-refractivity contribution in [1.29, 1.82) is 0 Å². The molecule has 0 saturated heterocycles. The van der Waals surface area contributed by atoms with Crippen LogP contribution >= 0.6 is 0 Å². The predicted molar refractivity (Wildman–Crippen MR) is 171 cm³/mol. The lowest BCUT2D eigenvalue weighted by molar-refractivity contribution is -0.140. The number of hydrogen-bond donors (Lipinski definition) is 2. The zero-order valence-electron chi connectivity index (χ0n) is 26.2. The molecule has 5 heterocycles. The number of ether oxygens (including phenoxy) is 1. The SMILES string of the molecule is CCCC1=C(C)c2cc3[nH]c(cc4nc(cc5[nH]c(cc1n2)c(CCC(=O)OC)c5C)C(C(C)=O)=C4C)c(C(C)=O)c3C. The average molecular weight is 579 g/mol. The van der Waals surface area contributed by atoms with Crippen LogP contribution in [0.1, 0.15) is 104 Å². The number of carbonyl (C=O) groups excluding carboxylic acids is 3. The van der Waals surface area contributed by atoms with Crippen LogP contribution in [-0.4, -0.2) is 44.6 Å². The highest BCUT2D eigenvalue weighted by molar-refractivity contribution is 6.27. The third-order valence-electron chi connectivity index (χ3n) is 8.55. The fourth-order valence-corrected chi connectivity index (χ4v) is 6.22. The van der Waals surface area contributed by atoms with Crippen molar-refractivity contribution in [1.82, 2.24) is 19.9 Å². The molecule has 222 valence electrons. The maximum Gasteiger partial charge on any atom is 0.305 e. The van der Waals surface area contributed by atoms with Gasteiger partial charge in [-0.2, -0.15) is 0 Å². The quantitative estimate of drug-likeness (QED) is 0.222. The second-order valence-electron chi connectivity index (χ2n) is 11.4. The Labute approximate surface area is 251 Å². The van der Waals surface area contributed by atoms with Gasteiger partial charge in [0.1, 0.15) is 0 Å². The summed E-state index contributed by atoms with van der Waals surface area (Å²) in [5, 5.41) is 0. The van der Waals surface area contributed by atoms with Gasteiger partial charge in [-0.1, -0.05) is 13.3 Å². The van der Waals surface area contributed by atoms with Crippen molar-refractivity contribution in [3.05, 3.63) is 69.3 Å². The van der Waals surface area contributed by atoms with Gasteiger partial charge >= 0.3 is 5.97 Å². The number of aromatic nitrogens is 4. The summed E-state index contributed by atoms with van der Waals surface area (Å²) in [7, 11) is 1.40. The van der Waals surface area contributed by atoms with Crippen LogP contribution < -0.4 is 0 Å². The summed E-state index contributed by atoms with van der Waals surface area (Å²) in [6.45, 7) is 13.2. The van der Waals surface area contributed by atoms with E-state index in [9.17, 15) is 14.4 Å². The summed E-state index contributed by atoms with van der Waals surface area (Å²) in [5.41, 5.74) is 12.9. The molecule has 0 fully saturated rings. The molecule has 3 aromatic heterocycles. The minimum absolute atomic E-state index is 0.0538. The number of fused-ring (bicyclic) bond motifs is 8. The number of aromatic amines is 2. The normalized spacial score (nSPS) is 13.1. The first-order valence-corrected chi connectivity index (χ1v) is 14.7. The maximum atomic E-state index is 12.9. The molecule has 8 heteroatoms. The summed E-state index contributed by atoms with van der Waals surface area (Å²) in [6.07, 6.45) is 2.54. The summed E-state index contributed by atoms with van der Waals surface area (Å²) in [6, 6.07) is 7.81. The number of aryl methyl sites for hydroxylation is 3. The van der Waals surface area contributed by atoms with Crippen LogP contribution in [-0.2, 0) is 20.7 Å². The number of esters is 1. The molecule has 0 amide bonds. The predicted octanol–water partition coefficient (Wildman–Crippen LogP) is 7.49. The molecule has 5 rings (SSSR count). The molecule has 2 aliphatic rings. The van der Waals surface area contributed by atoms with E-state index in [0.717, 1.165) is 74.2 Å². The van der Waals surface area contributed by atoms with Gasteiger partial charge in [-0.15, -0.1) is 0 Å². The number of carbonyl (C=O) groups is 3. The van der Waals surface area contributed by atoms with Crippen LogP contribution in [0, 0.1) is 13.8 Å². The van der Waals surface area contributed by atoms with Crippen molar-refractivity contribution < 1.29 is 19.1 Å². The molecule has 0 aliphatic carbocycles. The van der Waals surface area contributed by atoms with Gasteiger partial charge in [-0.25, -0.2) is 9.97 Å². The van der Waals surface area contributed by atoms with Crippen molar-refractivity contribution in [3.63, 3.8) is 0 Å². The minimum Gasteiger partial charge on any atom is -0.469 e. The van der Waals surface area contributed by atoms with Gasteiger partial charge in [0.25, 0.3) is 0 Å². The van der Waals surface area contributed by atoms with Crippen LogP contribution in [0.2, 0.25) is 0 Å². The first-order chi connectivity index (χ1) is 20.4. The van der Waals surface area contributed by atoms with E-state index < -0.39 is 0 Å². The largest absolute Gasteiger partial charge is 0.469 e. The monoisotopic (exact) mass is 578 g/mol. The number of ketones is 2. The molecule has 0 aromatic carbocycles. The molecule has 0 unspecified atom stereocenters. The fraction of sp³-hybridized carbons (Fsp3) is 0.343. The van der Waals surface area contributed by atoms with E-state index >= 15 is 0 Å². The highest BCUT2D eigenvalue weighted by atomic mass is 16.5. The average Bonchev–Trinajstić information content (AvgIpc) is 3.61. The van der Waals surface area contributed by atoms with Gasteiger partial charge in [-0.3, -0.25) is 14.4 Å². The summed E-state index contributed by atoms with van der Waals surface area (Å²) < 4.78 is 4.93.